The lowest BCUT2D eigenvalue weighted by atomic mass is 10.2. The van der Waals surface area contributed by atoms with Gasteiger partial charge in [-0.25, -0.2) is 8.78 Å². The van der Waals surface area contributed by atoms with Crippen LogP contribution in [0.5, 0.6) is 0 Å². The van der Waals surface area contributed by atoms with Crippen LogP contribution < -0.4 is 5.73 Å². The number of anilines is 1. The molecule has 0 radical (unpaired) electrons. The number of aromatic nitrogens is 3. The molecule has 2 N–H and O–H groups in total. The summed E-state index contributed by atoms with van der Waals surface area (Å²) in [6.07, 6.45) is 2.57. The van der Waals surface area contributed by atoms with Gasteiger partial charge in [0.2, 0.25) is 0 Å². The molecule has 0 spiro atoms. The van der Waals surface area contributed by atoms with Crippen molar-refractivity contribution >= 4 is 5.69 Å². The monoisotopic (exact) mass is 196 g/mol. The van der Waals surface area contributed by atoms with E-state index in [4.69, 9.17) is 5.73 Å². The predicted octanol–water partition coefficient (Wildman–Crippen LogP) is 1.13. The van der Waals surface area contributed by atoms with Gasteiger partial charge in [0.1, 0.15) is 24.2 Å². The van der Waals surface area contributed by atoms with Crippen molar-refractivity contribution in [2.24, 2.45) is 0 Å². The van der Waals surface area contributed by atoms with Crippen LogP contribution in [-0.4, -0.2) is 14.8 Å². The number of rotatable bonds is 1. The second-order valence-corrected chi connectivity index (χ2v) is 2.69. The van der Waals surface area contributed by atoms with Crippen molar-refractivity contribution in [1.82, 2.24) is 14.8 Å². The number of benzene rings is 1. The Hall–Kier alpha value is -1.98. The third-order valence-electron chi connectivity index (χ3n) is 1.73. The Labute approximate surface area is 78.0 Å². The van der Waals surface area contributed by atoms with Gasteiger partial charge in [0.15, 0.2) is 5.82 Å². The Morgan fingerprint density at radius 2 is 1.79 bits per heavy atom. The Morgan fingerprint density at radius 3 is 2.36 bits per heavy atom. The van der Waals surface area contributed by atoms with Crippen molar-refractivity contribution in [3.8, 4) is 5.69 Å². The fourth-order valence-corrected chi connectivity index (χ4v) is 1.17. The van der Waals surface area contributed by atoms with Gasteiger partial charge in [-0.05, 0) is 6.07 Å². The number of nitrogens with two attached hydrogens (primary N) is 1. The summed E-state index contributed by atoms with van der Waals surface area (Å²) in [5.41, 5.74) is 5.51. The molecule has 1 aromatic heterocycles. The molecule has 6 heteroatoms. The molecular weight excluding hydrogens is 190 g/mol. The van der Waals surface area contributed by atoms with E-state index in [1.54, 1.807) is 0 Å². The third-order valence-corrected chi connectivity index (χ3v) is 1.73. The Balaban J connectivity index is 2.64. The number of halogens is 2. The highest BCUT2D eigenvalue weighted by atomic mass is 19.1. The fraction of sp³-hybridized carbons (Fsp3) is 0. The molecule has 1 aromatic carbocycles. The average Bonchev–Trinajstić information content (AvgIpc) is 2.54. The average molecular weight is 196 g/mol. The summed E-state index contributed by atoms with van der Waals surface area (Å²) in [5.74, 6) is -1.46. The lowest BCUT2D eigenvalue weighted by Crippen LogP contribution is -2.02. The first-order valence-corrected chi connectivity index (χ1v) is 3.78. The van der Waals surface area contributed by atoms with Gasteiger partial charge in [-0.3, -0.25) is 4.57 Å². The van der Waals surface area contributed by atoms with Gasteiger partial charge >= 0.3 is 0 Å². The zero-order chi connectivity index (χ0) is 10.1. The first kappa shape index (κ1) is 8.61. The summed E-state index contributed by atoms with van der Waals surface area (Å²) in [6, 6.07) is 1.80. The molecule has 0 aliphatic heterocycles. The molecule has 0 aliphatic rings. The Kier molecular flexibility index (Phi) is 1.88. The maximum atomic E-state index is 13.3. The zero-order valence-electron chi connectivity index (χ0n) is 6.98. The fourth-order valence-electron chi connectivity index (χ4n) is 1.17. The number of hydrogen-bond donors (Lipinski definition) is 1. The molecule has 0 bridgehead atoms. The van der Waals surface area contributed by atoms with E-state index in [1.807, 2.05) is 0 Å². The van der Waals surface area contributed by atoms with Crippen LogP contribution in [0.1, 0.15) is 0 Å². The van der Waals surface area contributed by atoms with Crippen LogP contribution in [0.15, 0.2) is 24.8 Å². The molecule has 0 fully saturated rings. The standard InChI is InChI=1S/C8H6F2N4/c9-5-1-6(10)8(7(11)2-5)14-3-12-13-4-14/h1-4H,11H2. The summed E-state index contributed by atoms with van der Waals surface area (Å²) in [5, 5.41) is 7.00. The molecular formula is C8H6F2N4. The smallest absolute Gasteiger partial charge is 0.152 e. The SMILES string of the molecule is Nc1cc(F)cc(F)c1-n1cnnc1. The maximum Gasteiger partial charge on any atom is 0.152 e. The summed E-state index contributed by atoms with van der Waals surface area (Å²) >= 11 is 0. The van der Waals surface area contributed by atoms with Gasteiger partial charge < -0.3 is 5.73 Å². The summed E-state index contributed by atoms with van der Waals surface area (Å²) in [4.78, 5) is 0. The quantitative estimate of drug-likeness (QED) is 0.695. The molecule has 0 aliphatic carbocycles. The van der Waals surface area contributed by atoms with E-state index in [0.717, 1.165) is 12.1 Å². The van der Waals surface area contributed by atoms with Crippen molar-refractivity contribution in [1.29, 1.82) is 0 Å². The Morgan fingerprint density at radius 1 is 1.14 bits per heavy atom. The largest absolute Gasteiger partial charge is 0.397 e. The van der Waals surface area contributed by atoms with Gasteiger partial charge in [-0.1, -0.05) is 0 Å². The van der Waals surface area contributed by atoms with Gasteiger partial charge in [0, 0.05) is 6.07 Å². The zero-order valence-corrected chi connectivity index (χ0v) is 6.98. The van der Waals surface area contributed by atoms with Crippen molar-refractivity contribution in [2.75, 3.05) is 5.73 Å². The molecule has 2 rings (SSSR count). The topological polar surface area (TPSA) is 56.7 Å². The normalized spacial score (nSPS) is 10.4. The van der Waals surface area contributed by atoms with Crippen LogP contribution in [0, 0.1) is 11.6 Å². The van der Waals surface area contributed by atoms with E-state index in [1.165, 1.54) is 17.2 Å². The van der Waals surface area contributed by atoms with Gasteiger partial charge in [-0.15, -0.1) is 10.2 Å². The van der Waals surface area contributed by atoms with Crippen molar-refractivity contribution < 1.29 is 8.78 Å². The minimum Gasteiger partial charge on any atom is -0.397 e. The minimum absolute atomic E-state index is 0.00213. The first-order valence-electron chi connectivity index (χ1n) is 3.78. The summed E-state index contributed by atoms with van der Waals surface area (Å²) in [6.45, 7) is 0. The number of nitrogen functional groups attached to an aromatic ring is 1. The van der Waals surface area contributed by atoms with Crippen molar-refractivity contribution in [3.05, 3.63) is 36.4 Å². The predicted molar refractivity (Wildman–Crippen MR) is 45.7 cm³/mol. The van der Waals surface area contributed by atoms with Gasteiger partial charge in [0.25, 0.3) is 0 Å². The second-order valence-electron chi connectivity index (χ2n) is 2.69. The van der Waals surface area contributed by atoms with E-state index < -0.39 is 11.6 Å². The third kappa shape index (κ3) is 1.30. The van der Waals surface area contributed by atoms with Crippen LogP contribution in [0.2, 0.25) is 0 Å². The van der Waals surface area contributed by atoms with Crippen LogP contribution in [0.25, 0.3) is 5.69 Å². The van der Waals surface area contributed by atoms with Crippen LogP contribution in [0.4, 0.5) is 14.5 Å². The molecule has 72 valence electrons. The lowest BCUT2D eigenvalue weighted by Gasteiger charge is -2.06. The highest BCUT2D eigenvalue weighted by Gasteiger charge is 2.10. The highest BCUT2D eigenvalue weighted by Crippen LogP contribution is 2.21. The minimum atomic E-state index is -0.748. The summed E-state index contributed by atoms with van der Waals surface area (Å²) < 4.78 is 27.2. The van der Waals surface area contributed by atoms with E-state index >= 15 is 0 Å². The van der Waals surface area contributed by atoms with Crippen LogP contribution in [0.3, 0.4) is 0 Å². The second kappa shape index (κ2) is 3.06. The Bertz CT molecular complexity index is 429. The van der Waals surface area contributed by atoms with Crippen molar-refractivity contribution in [2.45, 2.75) is 0 Å². The molecule has 4 nitrogen and oxygen atoms in total. The van der Waals surface area contributed by atoms with Gasteiger partial charge in [0.05, 0.1) is 5.69 Å². The van der Waals surface area contributed by atoms with E-state index in [9.17, 15) is 8.78 Å². The van der Waals surface area contributed by atoms with Crippen LogP contribution >= 0.6 is 0 Å². The molecule has 0 amide bonds. The maximum absolute atomic E-state index is 13.3. The van der Waals surface area contributed by atoms with Gasteiger partial charge in [-0.2, -0.15) is 0 Å². The summed E-state index contributed by atoms with van der Waals surface area (Å²) in [7, 11) is 0. The van der Waals surface area contributed by atoms with Crippen LogP contribution in [-0.2, 0) is 0 Å². The lowest BCUT2D eigenvalue weighted by molar-refractivity contribution is 0.579. The molecule has 2 aromatic rings. The highest BCUT2D eigenvalue weighted by molar-refractivity contribution is 5.58. The molecule has 1 heterocycles. The van der Waals surface area contributed by atoms with E-state index in [0.29, 0.717) is 0 Å². The molecule has 0 atom stereocenters. The number of nitrogens with zero attached hydrogens (tertiary/aromatic N) is 3. The molecule has 0 saturated carbocycles. The molecule has 0 saturated heterocycles. The van der Waals surface area contributed by atoms with E-state index in [2.05, 4.69) is 10.2 Å². The first-order chi connectivity index (χ1) is 6.68. The number of hydrogen-bond acceptors (Lipinski definition) is 3. The van der Waals surface area contributed by atoms with Crippen molar-refractivity contribution in [3.63, 3.8) is 0 Å². The van der Waals surface area contributed by atoms with E-state index in [-0.39, 0.29) is 11.4 Å². The molecule has 14 heavy (non-hydrogen) atoms. The molecule has 0 unspecified atom stereocenters.